The van der Waals surface area contributed by atoms with Gasteiger partial charge in [0.15, 0.2) is 0 Å². The summed E-state index contributed by atoms with van der Waals surface area (Å²) in [6.45, 7) is 1.75. The van der Waals surface area contributed by atoms with Gasteiger partial charge in [-0.1, -0.05) is 6.07 Å². The van der Waals surface area contributed by atoms with E-state index in [9.17, 15) is 4.79 Å². The van der Waals surface area contributed by atoms with Crippen LogP contribution in [0.2, 0.25) is 0 Å². The first-order valence-corrected chi connectivity index (χ1v) is 6.72. The number of pyridine rings is 1. The predicted octanol–water partition coefficient (Wildman–Crippen LogP) is 1.24. The molecule has 3 N–H and O–H groups in total. The van der Waals surface area contributed by atoms with E-state index in [-0.39, 0.29) is 6.04 Å². The van der Waals surface area contributed by atoms with Gasteiger partial charge in [-0.05, 0) is 31.5 Å². The molecule has 104 valence electrons. The number of aromatic nitrogens is 3. The Balaban J connectivity index is 1.82. The summed E-state index contributed by atoms with van der Waals surface area (Å²) in [7, 11) is 0. The maximum absolute atomic E-state index is 11.4. The van der Waals surface area contributed by atoms with E-state index in [0.717, 1.165) is 37.3 Å². The molecule has 1 aliphatic heterocycles. The summed E-state index contributed by atoms with van der Waals surface area (Å²) < 4.78 is 0. The van der Waals surface area contributed by atoms with Gasteiger partial charge >= 0.3 is 0 Å². The van der Waals surface area contributed by atoms with Gasteiger partial charge in [-0.3, -0.25) is 19.8 Å². The van der Waals surface area contributed by atoms with E-state index >= 15 is 0 Å². The molecule has 0 aromatic carbocycles. The van der Waals surface area contributed by atoms with Crippen LogP contribution < -0.4 is 5.73 Å². The molecule has 0 saturated carbocycles. The lowest BCUT2D eigenvalue weighted by Crippen LogP contribution is -2.25. The molecule has 1 aliphatic rings. The lowest BCUT2D eigenvalue weighted by molar-refractivity contribution is 0.0997. The monoisotopic (exact) mass is 271 g/mol. The van der Waals surface area contributed by atoms with Gasteiger partial charge < -0.3 is 5.73 Å². The first-order chi connectivity index (χ1) is 9.75. The third-order valence-corrected chi connectivity index (χ3v) is 3.72. The number of hydrogen-bond donors (Lipinski definition) is 2. The lowest BCUT2D eigenvalue weighted by atomic mass is 10.1. The summed E-state index contributed by atoms with van der Waals surface area (Å²) in [6, 6.07) is 6.06. The number of aromatic amines is 1. The van der Waals surface area contributed by atoms with E-state index in [1.54, 1.807) is 6.20 Å². The van der Waals surface area contributed by atoms with Crippen molar-refractivity contribution in [3.63, 3.8) is 0 Å². The Kier molecular flexibility index (Phi) is 3.47. The SMILES string of the molecule is NC(=O)c1cn[nH]c1C1CCCN1Cc1ccccn1. The zero-order valence-electron chi connectivity index (χ0n) is 11.1. The van der Waals surface area contributed by atoms with E-state index in [0.29, 0.717) is 5.56 Å². The minimum atomic E-state index is -0.432. The number of nitrogens with two attached hydrogens (primary N) is 1. The Labute approximate surface area is 117 Å². The van der Waals surface area contributed by atoms with E-state index in [1.165, 1.54) is 6.20 Å². The van der Waals surface area contributed by atoms with E-state index in [1.807, 2.05) is 18.2 Å². The molecular weight excluding hydrogens is 254 g/mol. The van der Waals surface area contributed by atoms with E-state index < -0.39 is 5.91 Å². The molecule has 6 heteroatoms. The number of nitrogens with zero attached hydrogens (tertiary/aromatic N) is 3. The number of carbonyl (C=O) groups is 1. The molecule has 20 heavy (non-hydrogen) atoms. The minimum absolute atomic E-state index is 0.155. The van der Waals surface area contributed by atoms with Crippen LogP contribution in [0.3, 0.4) is 0 Å². The van der Waals surface area contributed by atoms with Crippen LogP contribution in [0, 0.1) is 0 Å². The van der Waals surface area contributed by atoms with Crippen molar-refractivity contribution in [1.82, 2.24) is 20.1 Å². The Morgan fingerprint density at radius 3 is 3.15 bits per heavy atom. The highest BCUT2D eigenvalue weighted by Crippen LogP contribution is 2.33. The first-order valence-electron chi connectivity index (χ1n) is 6.72. The number of likely N-dealkylation sites (tertiary alicyclic amines) is 1. The second kappa shape index (κ2) is 5.42. The Hall–Kier alpha value is -2.21. The summed E-state index contributed by atoms with van der Waals surface area (Å²) in [5.74, 6) is -0.432. The number of rotatable bonds is 4. The molecule has 1 fully saturated rings. The van der Waals surface area contributed by atoms with Crippen molar-refractivity contribution < 1.29 is 4.79 Å². The van der Waals surface area contributed by atoms with Crippen molar-refractivity contribution >= 4 is 5.91 Å². The van der Waals surface area contributed by atoms with Gasteiger partial charge in [0.2, 0.25) is 0 Å². The van der Waals surface area contributed by atoms with Crippen molar-refractivity contribution in [2.75, 3.05) is 6.54 Å². The van der Waals surface area contributed by atoms with Crippen LogP contribution >= 0.6 is 0 Å². The molecule has 0 bridgehead atoms. The smallest absolute Gasteiger partial charge is 0.252 e. The van der Waals surface area contributed by atoms with Crippen molar-refractivity contribution in [3.8, 4) is 0 Å². The first kappa shape index (κ1) is 12.8. The fraction of sp³-hybridized carbons (Fsp3) is 0.357. The van der Waals surface area contributed by atoms with Crippen molar-refractivity contribution in [2.45, 2.75) is 25.4 Å². The number of amides is 1. The van der Waals surface area contributed by atoms with E-state index in [2.05, 4.69) is 20.1 Å². The van der Waals surface area contributed by atoms with Crippen LogP contribution in [0.4, 0.5) is 0 Å². The van der Waals surface area contributed by atoms with Crippen molar-refractivity contribution in [1.29, 1.82) is 0 Å². The second-order valence-electron chi connectivity index (χ2n) is 5.01. The third-order valence-electron chi connectivity index (χ3n) is 3.72. The largest absolute Gasteiger partial charge is 0.365 e. The minimum Gasteiger partial charge on any atom is -0.365 e. The molecule has 0 spiro atoms. The zero-order chi connectivity index (χ0) is 13.9. The number of carbonyl (C=O) groups excluding carboxylic acids is 1. The second-order valence-corrected chi connectivity index (χ2v) is 5.01. The van der Waals surface area contributed by atoms with Crippen molar-refractivity contribution in [2.24, 2.45) is 5.73 Å². The quantitative estimate of drug-likeness (QED) is 0.875. The summed E-state index contributed by atoms with van der Waals surface area (Å²) in [6.07, 6.45) is 5.39. The molecular formula is C14H17N5O. The summed E-state index contributed by atoms with van der Waals surface area (Å²) in [5.41, 5.74) is 7.74. The molecule has 1 amide bonds. The molecule has 1 saturated heterocycles. The third kappa shape index (κ3) is 2.42. The number of H-pyrrole nitrogens is 1. The molecule has 0 radical (unpaired) electrons. The van der Waals surface area contributed by atoms with Crippen LogP contribution in [0.15, 0.2) is 30.6 Å². The molecule has 2 aromatic rings. The number of hydrogen-bond acceptors (Lipinski definition) is 4. The van der Waals surface area contributed by atoms with Crippen LogP contribution in [-0.4, -0.2) is 32.5 Å². The summed E-state index contributed by atoms with van der Waals surface area (Å²) in [4.78, 5) is 18.1. The van der Waals surface area contributed by atoms with E-state index in [4.69, 9.17) is 5.73 Å². The van der Waals surface area contributed by atoms with Crippen LogP contribution in [0.1, 0.15) is 40.6 Å². The maximum Gasteiger partial charge on any atom is 0.252 e. The average molecular weight is 271 g/mol. The molecule has 1 unspecified atom stereocenters. The topological polar surface area (TPSA) is 87.9 Å². The number of nitrogens with one attached hydrogen (secondary N) is 1. The highest BCUT2D eigenvalue weighted by Gasteiger charge is 2.30. The average Bonchev–Trinajstić information content (AvgIpc) is 3.07. The molecule has 2 aromatic heterocycles. The Morgan fingerprint density at radius 2 is 2.40 bits per heavy atom. The van der Waals surface area contributed by atoms with Crippen LogP contribution in [-0.2, 0) is 6.54 Å². The van der Waals surface area contributed by atoms with Gasteiger partial charge in [0, 0.05) is 12.7 Å². The van der Waals surface area contributed by atoms with Gasteiger partial charge in [0.1, 0.15) is 0 Å². The maximum atomic E-state index is 11.4. The summed E-state index contributed by atoms with van der Waals surface area (Å²) >= 11 is 0. The van der Waals surface area contributed by atoms with Gasteiger partial charge in [-0.15, -0.1) is 0 Å². The van der Waals surface area contributed by atoms with Crippen LogP contribution in [0.25, 0.3) is 0 Å². The van der Waals surface area contributed by atoms with Gasteiger partial charge in [-0.2, -0.15) is 5.10 Å². The van der Waals surface area contributed by atoms with Gasteiger partial charge in [-0.25, -0.2) is 0 Å². The van der Waals surface area contributed by atoms with Crippen LogP contribution in [0.5, 0.6) is 0 Å². The fourth-order valence-corrected chi connectivity index (χ4v) is 2.79. The molecule has 6 nitrogen and oxygen atoms in total. The lowest BCUT2D eigenvalue weighted by Gasteiger charge is -2.23. The normalized spacial score (nSPS) is 19.3. The highest BCUT2D eigenvalue weighted by molar-refractivity contribution is 5.93. The molecule has 3 rings (SSSR count). The zero-order valence-corrected chi connectivity index (χ0v) is 11.1. The Bertz CT molecular complexity index is 595. The highest BCUT2D eigenvalue weighted by atomic mass is 16.1. The Morgan fingerprint density at radius 1 is 1.50 bits per heavy atom. The summed E-state index contributed by atoms with van der Waals surface area (Å²) in [5, 5.41) is 6.89. The van der Waals surface area contributed by atoms with Gasteiger partial charge in [0.05, 0.1) is 29.2 Å². The molecule has 0 aliphatic carbocycles. The number of primary amides is 1. The molecule has 1 atom stereocenters. The fourth-order valence-electron chi connectivity index (χ4n) is 2.79. The molecule has 3 heterocycles. The van der Waals surface area contributed by atoms with Gasteiger partial charge in [0.25, 0.3) is 5.91 Å². The standard InChI is InChI=1S/C14H17N5O/c15-14(20)11-8-17-18-13(11)12-5-3-7-19(12)9-10-4-1-2-6-16-10/h1-2,4,6,8,12H,3,5,7,9H2,(H2,15,20)(H,17,18). The van der Waals surface area contributed by atoms with Crippen molar-refractivity contribution in [3.05, 3.63) is 47.5 Å². The predicted molar refractivity (Wildman–Crippen MR) is 73.7 cm³/mol.